The third-order valence-corrected chi connectivity index (χ3v) is 4.01. The summed E-state index contributed by atoms with van der Waals surface area (Å²) in [4.78, 5) is 35.5. The molecule has 0 heterocycles. The molecule has 0 aromatic heterocycles. The van der Waals surface area contributed by atoms with E-state index in [1.807, 2.05) is 0 Å². The van der Waals surface area contributed by atoms with Gasteiger partial charge in [-0.05, 0) is 40.0 Å². The molecule has 104 valence electrons. The van der Waals surface area contributed by atoms with Gasteiger partial charge in [-0.3, -0.25) is 14.4 Å². The van der Waals surface area contributed by atoms with Crippen LogP contribution in [0.3, 0.4) is 0 Å². The van der Waals surface area contributed by atoms with E-state index in [0.29, 0.717) is 19.3 Å². The predicted molar refractivity (Wildman–Crippen MR) is 69.2 cm³/mol. The lowest BCUT2D eigenvalue weighted by molar-refractivity contribution is -0.177. The fraction of sp³-hybridized carbons (Fsp3) is 0.786. The van der Waals surface area contributed by atoms with Gasteiger partial charge >= 0.3 is 5.97 Å². The Labute approximate surface area is 109 Å². The first kappa shape index (κ1) is 16.8. The molecule has 4 nitrogen and oxygen atoms in total. The van der Waals surface area contributed by atoms with Crippen LogP contribution in [0.15, 0.2) is 0 Å². The standard InChI is InChI=1S/C14H24O4/c1-7-13(6,10(4)15)18-12(17)14(8-2,9-3)11(5)16/h7-9H2,1-6H3. The van der Waals surface area contributed by atoms with E-state index in [4.69, 9.17) is 4.74 Å². The summed E-state index contributed by atoms with van der Waals surface area (Å²) in [6, 6.07) is 0. The van der Waals surface area contributed by atoms with E-state index in [1.165, 1.54) is 13.8 Å². The van der Waals surface area contributed by atoms with Crippen molar-refractivity contribution in [2.24, 2.45) is 5.41 Å². The van der Waals surface area contributed by atoms with Crippen molar-refractivity contribution in [1.82, 2.24) is 0 Å². The van der Waals surface area contributed by atoms with Gasteiger partial charge in [0.2, 0.25) is 0 Å². The predicted octanol–water partition coefficient (Wildman–Crippen LogP) is 2.68. The Kier molecular flexibility index (Phi) is 5.71. The van der Waals surface area contributed by atoms with Gasteiger partial charge in [0.15, 0.2) is 11.4 Å². The number of ether oxygens (including phenoxy) is 1. The SMILES string of the molecule is CCC(C)(OC(=O)C(CC)(CC)C(C)=O)C(C)=O. The number of hydrogen-bond acceptors (Lipinski definition) is 4. The molecule has 0 amide bonds. The van der Waals surface area contributed by atoms with Crippen LogP contribution < -0.4 is 0 Å². The highest BCUT2D eigenvalue weighted by atomic mass is 16.6. The zero-order valence-electron chi connectivity index (χ0n) is 12.3. The summed E-state index contributed by atoms with van der Waals surface area (Å²) in [6.45, 7) is 9.72. The highest BCUT2D eigenvalue weighted by molar-refractivity contribution is 6.03. The summed E-state index contributed by atoms with van der Waals surface area (Å²) < 4.78 is 5.35. The maximum Gasteiger partial charge on any atom is 0.320 e. The lowest BCUT2D eigenvalue weighted by Crippen LogP contribution is -2.46. The van der Waals surface area contributed by atoms with Gasteiger partial charge in [-0.15, -0.1) is 0 Å². The van der Waals surface area contributed by atoms with E-state index in [-0.39, 0.29) is 11.6 Å². The fourth-order valence-electron chi connectivity index (χ4n) is 1.88. The molecule has 0 radical (unpaired) electrons. The molecule has 0 aliphatic carbocycles. The largest absolute Gasteiger partial charge is 0.451 e. The molecule has 0 aliphatic rings. The molecule has 0 aromatic carbocycles. The van der Waals surface area contributed by atoms with E-state index in [0.717, 1.165) is 0 Å². The van der Waals surface area contributed by atoms with Crippen LogP contribution in [0.25, 0.3) is 0 Å². The topological polar surface area (TPSA) is 60.4 Å². The van der Waals surface area contributed by atoms with Gasteiger partial charge in [0.05, 0.1) is 0 Å². The highest BCUT2D eigenvalue weighted by Crippen LogP contribution is 2.32. The van der Waals surface area contributed by atoms with Crippen molar-refractivity contribution in [3.63, 3.8) is 0 Å². The zero-order valence-corrected chi connectivity index (χ0v) is 12.3. The Morgan fingerprint density at radius 3 is 1.56 bits per heavy atom. The van der Waals surface area contributed by atoms with Gasteiger partial charge in [-0.25, -0.2) is 0 Å². The monoisotopic (exact) mass is 256 g/mol. The summed E-state index contributed by atoms with van der Waals surface area (Å²) >= 11 is 0. The van der Waals surface area contributed by atoms with Crippen molar-refractivity contribution in [3.05, 3.63) is 0 Å². The summed E-state index contributed by atoms with van der Waals surface area (Å²) in [7, 11) is 0. The van der Waals surface area contributed by atoms with E-state index in [1.54, 1.807) is 27.7 Å². The maximum absolute atomic E-state index is 12.3. The number of Topliss-reactive ketones (excluding diaryl/α,β-unsaturated/α-hetero) is 2. The van der Waals surface area contributed by atoms with Crippen LogP contribution in [-0.2, 0) is 19.1 Å². The van der Waals surface area contributed by atoms with Crippen LogP contribution in [0.1, 0.15) is 60.8 Å². The first-order chi connectivity index (χ1) is 8.20. The Morgan fingerprint density at radius 2 is 1.33 bits per heavy atom. The number of esters is 1. The van der Waals surface area contributed by atoms with Gasteiger partial charge in [0.1, 0.15) is 11.2 Å². The summed E-state index contributed by atoms with van der Waals surface area (Å²) in [5.74, 6) is -0.998. The van der Waals surface area contributed by atoms with Crippen molar-refractivity contribution in [2.45, 2.75) is 66.4 Å². The molecular formula is C14H24O4. The first-order valence-corrected chi connectivity index (χ1v) is 6.45. The van der Waals surface area contributed by atoms with E-state index >= 15 is 0 Å². The Morgan fingerprint density at radius 1 is 0.889 bits per heavy atom. The quantitative estimate of drug-likeness (QED) is 0.519. The Bertz CT molecular complexity index is 342. The van der Waals surface area contributed by atoms with Crippen LogP contribution in [-0.4, -0.2) is 23.1 Å². The van der Waals surface area contributed by atoms with Gasteiger partial charge in [-0.2, -0.15) is 0 Å². The second-order valence-electron chi connectivity index (χ2n) is 4.88. The third-order valence-electron chi connectivity index (χ3n) is 4.01. The number of ketones is 2. The molecule has 18 heavy (non-hydrogen) atoms. The molecule has 0 saturated heterocycles. The minimum atomic E-state index is -1.14. The van der Waals surface area contributed by atoms with Crippen LogP contribution in [0.5, 0.6) is 0 Å². The zero-order chi connectivity index (χ0) is 14.6. The Balaban J connectivity index is 5.27. The average molecular weight is 256 g/mol. The van der Waals surface area contributed by atoms with E-state index < -0.39 is 17.0 Å². The molecule has 0 bridgehead atoms. The smallest absolute Gasteiger partial charge is 0.320 e. The minimum Gasteiger partial charge on any atom is -0.451 e. The number of carbonyl (C=O) groups is 3. The molecule has 1 atom stereocenters. The molecule has 0 aliphatic heterocycles. The van der Waals surface area contributed by atoms with Gasteiger partial charge in [0.25, 0.3) is 0 Å². The second kappa shape index (κ2) is 6.12. The van der Waals surface area contributed by atoms with Crippen molar-refractivity contribution < 1.29 is 19.1 Å². The van der Waals surface area contributed by atoms with E-state index in [9.17, 15) is 14.4 Å². The van der Waals surface area contributed by atoms with Crippen molar-refractivity contribution in [3.8, 4) is 0 Å². The van der Waals surface area contributed by atoms with Crippen LogP contribution >= 0.6 is 0 Å². The van der Waals surface area contributed by atoms with Crippen molar-refractivity contribution >= 4 is 17.5 Å². The molecule has 1 unspecified atom stereocenters. The number of carbonyl (C=O) groups excluding carboxylic acids is 3. The lowest BCUT2D eigenvalue weighted by Gasteiger charge is -2.32. The number of hydrogen-bond donors (Lipinski definition) is 0. The second-order valence-corrected chi connectivity index (χ2v) is 4.88. The third kappa shape index (κ3) is 2.98. The van der Waals surface area contributed by atoms with Crippen LogP contribution in [0.2, 0.25) is 0 Å². The highest BCUT2D eigenvalue weighted by Gasteiger charge is 2.45. The van der Waals surface area contributed by atoms with Gasteiger partial charge in [-0.1, -0.05) is 20.8 Å². The lowest BCUT2D eigenvalue weighted by atomic mass is 9.78. The molecule has 0 rings (SSSR count). The summed E-state index contributed by atoms with van der Waals surface area (Å²) in [5.41, 5.74) is -2.26. The molecule has 0 spiro atoms. The van der Waals surface area contributed by atoms with Gasteiger partial charge in [0, 0.05) is 0 Å². The molecule has 0 fully saturated rings. The average Bonchev–Trinajstić information content (AvgIpc) is 2.30. The van der Waals surface area contributed by atoms with Crippen LogP contribution in [0.4, 0.5) is 0 Å². The number of rotatable bonds is 7. The van der Waals surface area contributed by atoms with Gasteiger partial charge < -0.3 is 4.74 Å². The maximum atomic E-state index is 12.3. The molecule has 0 saturated carbocycles. The minimum absolute atomic E-state index is 0.206. The normalized spacial score (nSPS) is 14.8. The van der Waals surface area contributed by atoms with Crippen molar-refractivity contribution in [1.29, 1.82) is 0 Å². The fourth-order valence-corrected chi connectivity index (χ4v) is 1.88. The van der Waals surface area contributed by atoms with E-state index in [2.05, 4.69) is 0 Å². The summed E-state index contributed by atoms with van der Waals surface area (Å²) in [5, 5.41) is 0. The summed E-state index contributed by atoms with van der Waals surface area (Å²) in [6.07, 6.45) is 1.17. The molecule has 0 aromatic rings. The Hall–Kier alpha value is -1.19. The molecular weight excluding hydrogens is 232 g/mol. The van der Waals surface area contributed by atoms with Crippen molar-refractivity contribution in [2.75, 3.05) is 0 Å². The molecule has 0 N–H and O–H groups in total. The van der Waals surface area contributed by atoms with Crippen LogP contribution in [0, 0.1) is 5.41 Å². The molecule has 4 heteroatoms. The first-order valence-electron chi connectivity index (χ1n) is 6.45.